The molecule has 0 N–H and O–H groups in total. The highest BCUT2D eigenvalue weighted by atomic mass is 15.0. The average molecular weight is 1660 g/mol. The number of hydrogen-bond donors (Lipinski definition) is 0. The van der Waals surface area contributed by atoms with Crippen molar-refractivity contribution in [2.75, 3.05) is 0 Å². The van der Waals surface area contributed by atoms with E-state index in [9.17, 15) is 0 Å². The molecule has 130 heavy (non-hydrogen) atoms. The third kappa shape index (κ3) is 14.9. The van der Waals surface area contributed by atoms with Gasteiger partial charge >= 0.3 is 0 Å². The van der Waals surface area contributed by atoms with E-state index in [1.54, 1.807) is 0 Å². The van der Waals surface area contributed by atoms with Crippen molar-refractivity contribution in [3.05, 3.63) is 479 Å². The second kappa shape index (κ2) is 33.8. The zero-order valence-electron chi connectivity index (χ0n) is 70.6. The highest BCUT2D eigenvalue weighted by Crippen LogP contribution is 2.45. The third-order valence-electron chi connectivity index (χ3n) is 24.7. The molecular formula is C121H79N9. The molecule has 0 atom stereocenters. The van der Waals surface area contributed by atoms with Crippen LogP contribution in [0.1, 0.15) is 0 Å². The van der Waals surface area contributed by atoms with Crippen molar-refractivity contribution in [3.8, 4) is 169 Å². The molecule has 18 aromatic carbocycles. The van der Waals surface area contributed by atoms with Crippen LogP contribution in [0.4, 0.5) is 0 Å². The van der Waals surface area contributed by atoms with E-state index in [1.807, 2.05) is 24.3 Å². The van der Waals surface area contributed by atoms with Crippen LogP contribution in [0.3, 0.4) is 0 Å². The molecule has 9 heteroatoms. The molecule has 0 saturated carbocycles. The number of pyridine rings is 2. The molecule has 0 spiro atoms. The van der Waals surface area contributed by atoms with Gasteiger partial charge in [-0.25, -0.2) is 34.9 Å². The minimum atomic E-state index is 0.618. The summed E-state index contributed by atoms with van der Waals surface area (Å²) in [6.45, 7) is 0. The van der Waals surface area contributed by atoms with Crippen molar-refractivity contribution in [1.82, 2.24) is 44.0 Å². The van der Waals surface area contributed by atoms with Crippen LogP contribution in [0.5, 0.6) is 0 Å². The topological polar surface area (TPSA) is 100 Å². The molecule has 24 rings (SSSR count). The Kier molecular flexibility index (Phi) is 20.1. The zero-order valence-corrected chi connectivity index (χ0v) is 70.6. The lowest BCUT2D eigenvalue weighted by Crippen LogP contribution is -2.00. The maximum atomic E-state index is 5.30. The number of nitrogens with zero attached hydrogens (tertiary/aromatic N) is 9. The number of aromatic nitrogens is 9. The molecular weight excluding hydrogens is 1580 g/mol. The molecule has 0 fully saturated rings. The van der Waals surface area contributed by atoms with Gasteiger partial charge in [0.15, 0.2) is 23.3 Å². The highest BCUT2D eigenvalue weighted by Gasteiger charge is 2.25. The molecule has 24 aromatic rings. The summed E-state index contributed by atoms with van der Waals surface area (Å²) in [5.41, 5.74) is 34.1. The Hall–Kier alpha value is -17.5. The van der Waals surface area contributed by atoms with E-state index in [1.165, 1.54) is 54.9 Å². The number of rotatable bonds is 16. The maximum Gasteiger partial charge on any atom is 0.164 e. The first kappa shape index (κ1) is 77.3. The summed E-state index contributed by atoms with van der Waals surface area (Å²) in [5.74, 6) is 2.55. The number of benzene rings is 18. The summed E-state index contributed by atoms with van der Waals surface area (Å²) >= 11 is 0. The molecule has 0 bridgehead atoms. The third-order valence-corrected chi connectivity index (χ3v) is 24.7. The van der Waals surface area contributed by atoms with E-state index in [2.05, 4.69) is 464 Å². The zero-order chi connectivity index (χ0) is 86.2. The summed E-state index contributed by atoms with van der Waals surface area (Å²) in [6.07, 6.45) is 0. The smallest absolute Gasteiger partial charge is 0.164 e. The van der Waals surface area contributed by atoms with E-state index in [0.717, 1.165) is 156 Å². The quantitative estimate of drug-likeness (QED) is 0.0950. The fraction of sp³-hybridized carbons (Fsp3) is 0. The Labute approximate surface area is 752 Å². The summed E-state index contributed by atoms with van der Waals surface area (Å²) in [6, 6.07) is 168. The van der Waals surface area contributed by atoms with Gasteiger partial charge in [0.05, 0.1) is 55.9 Å². The SMILES string of the molecule is c1ccc(-c2ccc(-c3cc(-c4ccc(-c5ccccc5)cc4)nc(-c4ccc(-c5ccc(-n6c7ccccc7c7c8ccccc8nc(-c8ccccc8)c76)cc5)cc4)n3)cc2)cc1.c1ccc(-c2ccc(-c3nc(-c4ccc(-c5ccccc5)cc4)nc(-c4ccc(-c5ccc(-n6c7ccccc7c7c8ccccc8nc(-c8ccccc8)c76)cc5)cc4)n3)cc2)cc1. The van der Waals surface area contributed by atoms with Crippen LogP contribution in [0, 0.1) is 0 Å². The Morgan fingerprint density at radius 3 is 0.638 bits per heavy atom. The van der Waals surface area contributed by atoms with Crippen LogP contribution in [0.2, 0.25) is 0 Å². The van der Waals surface area contributed by atoms with E-state index < -0.39 is 0 Å². The lowest BCUT2D eigenvalue weighted by molar-refractivity contribution is 1.07. The van der Waals surface area contributed by atoms with Gasteiger partial charge < -0.3 is 9.13 Å². The standard InChI is InChI=1S/C61H40N4.C60H39N5/c1-4-14-41(15-5-1)43-24-30-47(31-25-43)55-40-56(48-32-26-44(27-33-48)42-16-6-2-7-17-42)64-61(63-55)50-34-28-45(29-35-50)46-36-38-51(39-37-46)65-57-23-13-11-21-53(57)58-52-20-10-12-22-54(52)62-59(60(58)65)49-18-8-3-9-19-49;1-4-14-40(15-5-1)42-24-30-47(31-25-42)58-62-59(48-32-26-43(27-33-48)41-16-6-2-7-17-41)64-60(63-58)49-34-28-44(29-35-49)45-36-38-50(39-37-45)65-54-23-13-11-21-52(54)55-51-20-10-12-22-53(51)61-56(57(55)65)46-18-8-3-9-19-46/h1-40H;1-39H. The molecule has 9 nitrogen and oxygen atoms in total. The Balaban J connectivity index is 0.000000148. The molecule has 0 radical (unpaired) electrons. The van der Waals surface area contributed by atoms with Crippen LogP contribution in [-0.4, -0.2) is 44.0 Å². The second-order valence-corrected chi connectivity index (χ2v) is 32.6. The fourth-order valence-corrected chi connectivity index (χ4v) is 18.2. The Morgan fingerprint density at radius 1 is 0.146 bits per heavy atom. The first-order valence-corrected chi connectivity index (χ1v) is 43.9. The van der Waals surface area contributed by atoms with Gasteiger partial charge in [0.25, 0.3) is 0 Å². The van der Waals surface area contributed by atoms with Gasteiger partial charge in [0.2, 0.25) is 0 Å². The summed E-state index contributed by atoms with van der Waals surface area (Å²) in [5, 5.41) is 7.14. The van der Waals surface area contributed by atoms with Gasteiger partial charge in [0.1, 0.15) is 0 Å². The summed E-state index contributed by atoms with van der Waals surface area (Å²) < 4.78 is 4.76. The van der Waals surface area contributed by atoms with Gasteiger partial charge in [-0.1, -0.05) is 425 Å². The molecule has 0 unspecified atom stereocenters. The van der Waals surface area contributed by atoms with Gasteiger partial charge in [-0.3, -0.25) is 0 Å². The van der Waals surface area contributed by atoms with Crippen LogP contribution in [0.25, 0.3) is 234 Å². The van der Waals surface area contributed by atoms with E-state index in [-0.39, 0.29) is 0 Å². The highest BCUT2D eigenvalue weighted by molar-refractivity contribution is 6.25. The van der Waals surface area contributed by atoms with Crippen molar-refractivity contribution < 1.29 is 0 Å². The van der Waals surface area contributed by atoms with Crippen LogP contribution < -0.4 is 0 Å². The molecule has 0 aliphatic heterocycles. The van der Waals surface area contributed by atoms with Gasteiger partial charge in [-0.05, 0) is 121 Å². The largest absolute Gasteiger partial charge is 0.307 e. The van der Waals surface area contributed by atoms with Crippen LogP contribution >= 0.6 is 0 Å². The predicted octanol–water partition coefficient (Wildman–Crippen LogP) is 31.0. The van der Waals surface area contributed by atoms with Gasteiger partial charge in [0, 0.05) is 88.2 Å². The lowest BCUT2D eigenvalue weighted by Gasteiger charge is -2.13. The van der Waals surface area contributed by atoms with E-state index >= 15 is 0 Å². The molecule has 0 amide bonds. The number of para-hydroxylation sites is 4. The minimum absolute atomic E-state index is 0.618. The normalized spacial score (nSPS) is 11.4. The Morgan fingerprint density at radius 2 is 0.354 bits per heavy atom. The van der Waals surface area contributed by atoms with Crippen molar-refractivity contribution in [2.24, 2.45) is 0 Å². The number of hydrogen-bond acceptors (Lipinski definition) is 7. The second-order valence-electron chi connectivity index (χ2n) is 32.6. The predicted molar refractivity (Wildman–Crippen MR) is 537 cm³/mol. The Bertz CT molecular complexity index is 7570. The fourth-order valence-electron chi connectivity index (χ4n) is 18.2. The minimum Gasteiger partial charge on any atom is -0.307 e. The van der Waals surface area contributed by atoms with Gasteiger partial charge in [-0.2, -0.15) is 0 Å². The maximum absolute atomic E-state index is 5.30. The summed E-state index contributed by atoms with van der Waals surface area (Å²) in [7, 11) is 0. The van der Waals surface area contributed by atoms with Crippen LogP contribution in [0.15, 0.2) is 479 Å². The first-order valence-electron chi connectivity index (χ1n) is 43.9. The average Bonchev–Trinajstić information content (AvgIpc) is 1.56. The van der Waals surface area contributed by atoms with E-state index in [0.29, 0.717) is 23.3 Å². The van der Waals surface area contributed by atoms with Crippen molar-refractivity contribution in [2.45, 2.75) is 0 Å². The molecule has 608 valence electrons. The van der Waals surface area contributed by atoms with Crippen molar-refractivity contribution in [3.63, 3.8) is 0 Å². The first-order chi connectivity index (χ1) is 64.4. The number of fused-ring (bicyclic) bond motifs is 10. The van der Waals surface area contributed by atoms with Crippen LogP contribution in [-0.2, 0) is 0 Å². The molecule has 0 aliphatic carbocycles. The lowest BCUT2D eigenvalue weighted by atomic mass is 10.00. The van der Waals surface area contributed by atoms with Gasteiger partial charge in [-0.15, -0.1) is 0 Å². The van der Waals surface area contributed by atoms with Crippen molar-refractivity contribution in [1.29, 1.82) is 0 Å². The van der Waals surface area contributed by atoms with Crippen molar-refractivity contribution >= 4 is 65.4 Å². The monoisotopic (exact) mass is 1660 g/mol. The van der Waals surface area contributed by atoms with E-state index in [4.69, 9.17) is 34.9 Å². The molecule has 6 aromatic heterocycles. The molecule has 0 saturated heterocycles. The molecule has 6 heterocycles. The summed E-state index contributed by atoms with van der Waals surface area (Å²) in [4.78, 5) is 36.2. The molecule has 0 aliphatic rings.